The molecule has 4 heteroatoms. The first-order valence-electron chi connectivity index (χ1n) is 6.09. The Balaban J connectivity index is 1.84. The fourth-order valence-corrected chi connectivity index (χ4v) is 1.91. The molecule has 0 spiro atoms. The number of rotatable bonds is 4. The van der Waals surface area contributed by atoms with Crippen molar-refractivity contribution in [1.29, 1.82) is 0 Å². The van der Waals surface area contributed by atoms with Crippen LogP contribution < -0.4 is 10.1 Å². The van der Waals surface area contributed by atoms with Crippen molar-refractivity contribution in [3.63, 3.8) is 0 Å². The lowest BCUT2D eigenvalue weighted by Gasteiger charge is -2.22. The lowest BCUT2D eigenvalue weighted by molar-refractivity contribution is -0.117. The van der Waals surface area contributed by atoms with E-state index in [1.54, 1.807) is 7.11 Å². The lowest BCUT2D eigenvalue weighted by atomic mass is 10.2. The molecule has 0 bridgehead atoms. The molecule has 0 saturated heterocycles. The van der Waals surface area contributed by atoms with Crippen LogP contribution in [-0.4, -0.2) is 37.6 Å². The zero-order chi connectivity index (χ0) is 12.8. The molecule has 0 unspecified atom stereocenters. The molecule has 1 aromatic rings. The molecule has 96 valence electrons. The minimum atomic E-state index is 0.0236. The molecular formula is C14H18N2O2. The largest absolute Gasteiger partial charge is 0.497 e. The maximum absolute atomic E-state index is 11.8. The molecule has 4 nitrogen and oxygen atoms in total. The summed E-state index contributed by atoms with van der Waals surface area (Å²) in [4.78, 5) is 14.0. The Hall–Kier alpha value is -1.81. The molecule has 18 heavy (non-hydrogen) atoms. The molecule has 0 aromatic heterocycles. The number of hydrogen-bond acceptors (Lipinski definition) is 3. The number of benzene rings is 1. The summed E-state index contributed by atoms with van der Waals surface area (Å²) in [5.41, 5.74) is 0.799. The van der Waals surface area contributed by atoms with Crippen molar-refractivity contribution in [3.8, 4) is 5.75 Å². The van der Waals surface area contributed by atoms with Crippen LogP contribution >= 0.6 is 0 Å². The number of nitrogens with zero attached hydrogens (tertiary/aromatic N) is 1. The first-order valence-corrected chi connectivity index (χ1v) is 6.09. The molecule has 0 aliphatic carbocycles. The van der Waals surface area contributed by atoms with Gasteiger partial charge in [0.2, 0.25) is 5.91 Å². The maximum Gasteiger partial charge on any atom is 0.238 e. The van der Waals surface area contributed by atoms with Gasteiger partial charge in [-0.05, 0) is 30.7 Å². The normalized spacial score (nSPS) is 15.4. The predicted octanol–water partition coefficient (Wildman–Crippen LogP) is 1.90. The average molecular weight is 246 g/mol. The number of nitrogens with one attached hydrogen (secondary N) is 1. The molecule has 1 heterocycles. The van der Waals surface area contributed by atoms with Gasteiger partial charge in [0, 0.05) is 18.8 Å². The SMILES string of the molecule is COc1ccc(NC(=O)CN2CC=CCC2)cc1. The highest BCUT2D eigenvalue weighted by atomic mass is 16.5. The predicted molar refractivity (Wildman–Crippen MR) is 71.8 cm³/mol. The number of methoxy groups -OCH3 is 1. The first kappa shape index (κ1) is 12.6. The van der Waals surface area contributed by atoms with Gasteiger partial charge < -0.3 is 10.1 Å². The van der Waals surface area contributed by atoms with Crippen molar-refractivity contribution in [2.75, 3.05) is 32.1 Å². The monoisotopic (exact) mass is 246 g/mol. The van der Waals surface area contributed by atoms with E-state index in [2.05, 4.69) is 22.4 Å². The van der Waals surface area contributed by atoms with Gasteiger partial charge in [0.05, 0.1) is 13.7 Å². The second-order valence-corrected chi connectivity index (χ2v) is 4.27. The summed E-state index contributed by atoms with van der Waals surface area (Å²) in [5, 5.41) is 2.88. The number of anilines is 1. The van der Waals surface area contributed by atoms with Gasteiger partial charge in [0.1, 0.15) is 5.75 Å². The van der Waals surface area contributed by atoms with Gasteiger partial charge >= 0.3 is 0 Å². The first-order chi connectivity index (χ1) is 8.78. The summed E-state index contributed by atoms with van der Waals surface area (Å²) in [6.45, 7) is 2.25. The maximum atomic E-state index is 11.8. The van der Waals surface area contributed by atoms with E-state index in [-0.39, 0.29) is 5.91 Å². The highest BCUT2D eigenvalue weighted by Gasteiger charge is 2.11. The Morgan fingerprint density at radius 2 is 2.11 bits per heavy atom. The topological polar surface area (TPSA) is 41.6 Å². The molecule has 0 atom stereocenters. The van der Waals surface area contributed by atoms with Gasteiger partial charge in [-0.1, -0.05) is 12.2 Å². The van der Waals surface area contributed by atoms with Gasteiger partial charge in [0.25, 0.3) is 0 Å². The smallest absolute Gasteiger partial charge is 0.238 e. The number of ether oxygens (including phenoxy) is 1. The highest BCUT2D eigenvalue weighted by Crippen LogP contribution is 2.15. The van der Waals surface area contributed by atoms with Crippen molar-refractivity contribution >= 4 is 11.6 Å². The standard InChI is InChI=1S/C14H18N2O2/c1-18-13-7-5-12(6-8-13)15-14(17)11-16-9-3-2-4-10-16/h2-3,5-8H,4,9-11H2,1H3,(H,15,17). The molecule has 0 fully saturated rings. The van der Waals surface area contributed by atoms with Crippen LogP contribution in [0.3, 0.4) is 0 Å². The van der Waals surface area contributed by atoms with Crippen molar-refractivity contribution < 1.29 is 9.53 Å². The fraction of sp³-hybridized carbons (Fsp3) is 0.357. The second-order valence-electron chi connectivity index (χ2n) is 4.27. The van der Waals surface area contributed by atoms with Crippen LogP contribution in [0.15, 0.2) is 36.4 Å². The van der Waals surface area contributed by atoms with Gasteiger partial charge in [-0.25, -0.2) is 0 Å². The van der Waals surface area contributed by atoms with E-state index in [4.69, 9.17) is 4.74 Å². The van der Waals surface area contributed by atoms with Crippen LogP contribution in [0.1, 0.15) is 6.42 Å². The number of hydrogen-bond donors (Lipinski definition) is 1. The third-order valence-corrected chi connectivity index (χ3v) is 2.88. The molecule has 0 saturated carbocycles. The van der Waals surface area contributed by atoms with E-state index in [1.165, 1.54) is 0 Å². The summed E-state index contributed by atoms with van der Waals surface area (Å²) in [5.74, 6) is 0.810. The Kier molecular flexibility index (Phi) is 4.36. The molecule has 0 radical (unpaired) electrons. The van der Waals surface area contributed by atoms with Gasteiger partial charge in [0.15, 0.2) is 0 Å². The molecule has 2 rings (SSSR count). The molecule has 1 aromatic carbocycles. The quantitative estimate of drug-likeness (QED) is 0.825. The fourth-order valence-electron chi connectivity index (χ4n) is 1.91. The lowest BCUT2D eigenvalue weighted by Crippen LogP contribution is -2.35. The number of amides is 1. The minimum absolute atomic E-state index is 0.0236. The minimum Gasteiger partial charge on any atom is -0.497 e. The van der Waals surface area contributed by atoms with Crippen LogP contribution in [0.25, 0.3) is 0 Å². The summed E-state index contributed by atoms with van der Waals surface area (Å²) < 4.78 is 5.07. The average Bonchev–Trinajstić information content (AvgIpc) is 2.40. The molecule has 1 aliphatic heterocycles. The molecule has 1 N–H and O–H groups in total. The van der Waals surface area contributed by atoms with Gasteiger partial charge in [-0.15, -0.1) is 0 Å². The Bertz CT molecular complexity index is 426. The van der Waals surface area contributed by atoms with E-state index < -0.39 is 0 Å². The summed E-state index contributed by atoms with van der Waals surface area (Å²) in [6, 6.07) is 7.35. The van der Waals surface area contributed by atoms with Gasteiger partial charge in [-0.3, -0.25) is 9.69 Å². The van der Waals surface area contributed by atoms with Crippen LogP contribution in [0.4, 0.5) is 5.69 Å². The van der Waals surface area contributed by atoms with E-state index in [1.807, 2.05) is 24.3 Å². The van der Waals surface area contributed by atoms with Crippen LogP contribution in [-0.2, 0) is 4.79 Å². The third-order valence-electron chi connectivity index (χ3n) is 2.88. The molecular weight excluding hydrogens is 228 g/mol. The molecule has 1 amide bonds. The van der Waals surface area contributed by atoms with Crippen LogP contribution in [0.5, 0.6) is 5.75 Å². The molecule has 1 aliphatic rings. The van der Waals surface area contributed by atoms with E-state index in [0.717, 1.165) is 30.9 Å². The van der Waals surface area contributed by atoms with Crippen molar-refractivity contribution in [3.05, 3.63) is 36.4 Å². The number of carbonyl (C=O) groups excluding carboxylic acids is 1. The Morgan fingerprint density at radius 3 is 2.72 bits per heavy atom. The third kappa shape index (κ3) is 3.60. The summed E-state index contributed by atoms with van der Waals surface area (Å²) in [7, 11) is 1.62. The summed E-state index contributed by atoms with van der Waals surface area (Å²) in [6.07, 6.45) is 5.28. The van der Waals surface area contributed by atoms with Gasteiger partial charge in [-0.2, -0.15) is 0 Å². The van der Waals surface area contributed by atoms with Crippen molar-refractivity contribution in [2.24, 2.45) is 0 Å². The number of carbonyl (C=O) groups is 1. The Labute approximate surface area is 107 Å². The Morgan fingerprint density at radius 1 is 1.33 bits per heavy atom. The zero-order valence-electron chi connectivity index (χ0n) is 10.6. The van der Waals surface area contributed by atoms with Crippen molar-refractivity contribution in [1.82, 2.24) is 4.90 Å². The van der Waals surface area contributed by atoms with Crippen LogP contribution in [0.2, 0.25) is 0 Å². The zero-order valence-corrected chi connectivity index (χ0v) is 10.6. The van der Waals surface area contributed by atoms with Crippen molar-refractivity contribution in [2.45, 2.75) is 6.42 Å². The second kappa shape index (κ2) is 6.21. The van der Waals surface area contributed by atoms with Crippen LogP contribution in [0, 0.1) is 0 Å². The van der Waals surface area contributed by atoms with E-state index >= 15 is 0 Å². The summed E-state index contributed by atoms with van der Waals surface area (Å²) >= 11 is 0. The van der Waals surface area contributed by atoms with E-state index in [9.17, 15) is 4.79 Å². The highest BCUT2D eigenvalue weighted by molar-refractivity contribution is 5.92. The van der Waals surface area contributed by atoms with E-state index in [0.29, 0.717) is 6.54 Å².